The Morgan fingerprint density at radius 3 is 2.83 bits per heavy atom. The van der Waals surface area contributed by atoms with E-state index in [0.717, 1.165) is 22.5 Å². The van der Waals surface area contributed by atoms with E-state index in [1.807, 2.05) is 25.2 Å². The molecule has 0 aliphatic rings. The highest BCUT2D eigenvalue weighted by Gasteiger charge is 2.10. The van der Waals surface area contributed by atoms with Crippen LogP contribution in [0.5, 0.6) is 0 Å². The number of fused-ring (bicyclic) bond motifs is 1. The van der Waals surface area contributed by atoms with Crippen molar-refractivity contribution in [3.05, 3.63) is 24.0 Å². The second-order valence-corrected chi connectivity index (χ2v) is 4.86. The molecule has 0 fully saturated rings. The van der Waals surface area contributed by atoms with Gasteiger partial charge in [0.05, 0.1) is 22.6 Å². The second-order valence-electron chi connectivity index (χ2n) is 4.59. The molecule has 1 heterocycles. The van der Waals surface area contributed by atoms with Gasteiger partial charge in [0.15, 0.2) is 0 Å². The number of nitrogens with two attached hydrogens (primary N) is 1. The van der Waals surface area contributed by atoms with Crippen LogP contribution in [-0.2, 0) is 7.05 Å². The molecule has 0 unspecified atom stereocenters. The van der Waals surface area contributed by atoms with Gasteiger partial charge in [-0.1, -0.05) is 13.8 Å². The van der Waals surface area contributed by atoms with Crippen LogP contribution in [-0.4, -0.2) is 21.3 Å². The molecule has 0 saturated heterocycles. The van der Waals surface area contributed by atoms with E-state index in [-0.39, 0.29) is 5.88 Å². The van der Waals surface area contributed by atoms with Crippen LogP contribution >= 0.6 is 11.6 Å². The normalized spacial score (nSPS) is 12.6. The summed E-state index contributed by atoms with van der Waals surface area (Å²) in [5.74, 6) is 2.10. The third-order valence-electron chi connectivity index (χ3n) is 2.83. The highest BCUT2D eigenvalue weighted by Crippen LogP contribution is 2.24. The number of amidine groups is 1. The van der Waals surface area contributed by atoms with E-state index in [4.69, 9.17) is 17.3 Å². The number of hydrogen-bond acceptors (Lipinski definition) is 2. The Morgan fingerprint density at radius 1 is 1.50 bits per heavy atom. The number of alkyl halides is 1. The van der Waals surface area contributed by atoms with Crippen molar-refractivity contribution in [2.75, 3.05) is 5.88 Å². The van der Waals surface area contributed by atoms with Crippen molar-refractivity contribution in [1.82, 2.24) is 9.55 Å². The van der Waals surface area contributed by atoms with Gasteiger partial charge in [-0.15, -0.1) is 11.6 Å². The van der Waals surface area contributed by atoms with Crippen LogP contribution < -0.4 is 5.73 Å². The van der Waals surface area contributed by atoms with E-state index in [1.165, 1.54) is 0 Å². The monoisotopic (exact) mass is 264 g/mol. The summed E-state index contributed by atoms with van der Waals surface area (Å²) in [5, 5.41) is 0. The molecule has 0 amide bonds. The Labute approximate surface area is 111 Å². The van der Waals surface area contributed by atoms with Crippen LogP contribution in [0.3, 0.4) is 0 Å². The lowest BCUT2D eigenvalue weighted by atomic mass is 10.2. The van der Waals surface area contributed by atoms with Crippen LogP contribution in [0.1, 0.15) is 25.6 Å². The average molecular weight is 265 g/mol. The average Bonchev–Trinajstić information content (AvgIpc) is 2.66. The van der Waals surface area contributed by atoms with E-state index < -0.39 is 0 Å². The van der Waals surface area contributed by atoms with Gasteiger partial charge in [0.1, 0.15) is 11.7 Å². The van der Waals surface area contributed by atoms with E-state index in [1.54, 1.807) is 0 Å². The van der Waals surface area contributed by atoms with Gasteiger partial charge in [0, 0.05) is 13.0 Å². The zero-order valence-electron chi connectivity index (χ0n) is 10.8. The lowest BCUT2D eigenvalue weighted by molar-refractivity contribution is 0.722. The largest absolute Gasteiger partial charge is 0.386 e. The number of nitrogens with zero attached hydrogens (tertiary/aromatic N) is 3. The van der Waals surface area contributed by atoms with Crippen molar-refractivity contribution in [2.24, 2.45) is 17.8 Å². The van der Waals surface area contributed by atoms with Crippen molar-refractivity contribution in [1.29, 1.82) is 0 Å². The number of imidazole rings is 1. The van der Waals surface area contributed by atoms with E-state index >= 15 is 0 Å². The van der Waals surface area contributed by atoms with Gasteiger partial charge in [-0.05, 0) is 18.2 Å². The molecule has 0 atom stereocenters. The molecule has 0 bridgehead atoms. The Morgan fingerprint density at radius 2 is 2.22 bits per heavy atom. The maximum atomic E-state index is 5.62. The summed E-state index contributed by atoms with van der Waals surface area (Å²) >= 11 is 5.62. The number of aromatic nitrogens is 2. The summed E-state index contributed by atoms with van der Waals surface area (Å²) < 4.78 is 2.11. The lowest BCUT2D eigenvalue weighted by Crippen LogP contribution is -2.12. The first-order valence-electron chi connectivity index (χ1n) is 5.88. The fourth-order valence-corrected chi connectivity index (χ4v) is 2.05. The molecule has 0 radical (unpaired) electrons. The number of aliphatic imine (C=N–C) groups is 1. The number of halogens is 1. The Bertz CT molecular complexity index is 598. The quantitative estimate of drug-likeness (QED) is 0.526. The van der Waals surface area contributed by atoms with Gasteiger partial charge in [-0.3, -0.25) is 0 Å². The van der Waals surface area contributed by atoms with Crippen LogP contribution in [0, 0.1) is 0 Å². The maximum absolute atomic E-state index is 5.62. The summed E-state index contributed by atoms with van der Waals surface area (Å²) in [5.41, 5.74) is 8.45. The molecule has 0 aliphatic heterocycles. The van der Waals surface area contributed by atoms with Gasteiger partial charge in [0.25, 0.3) is 0 Å². The molecular weight excluding hydrogens is 248 g/mol. The van der Waals surface area contributed by atoms with Gasteiger partial charge < -0.3 is 10.3 Å². The highest BCUT2D eigenvalue weighted by atomic mass is 35.5. The van der Waals surface area contributed by atoms with Crippen LogP contribution in [0.25, 0.3) is 11.0 Å². The molecular formula is C13H17ClN4. The molecule has 2 aromatic rings. The zero-order chi connectivity index (χ0) is 13.3. The third-order valence-corrected chi connectivity index (χ3v) is 3.10. The minimum atomic E-state index is 0.234. The van der Waals surface area contributed by atoms with Crippen molar-refractivity contribution >= 4 is 34.2 Å². The highest BCUT2D eigenvalue weighted by molar-refractivity contribution is 6.28. The fraction of sp³-hybridized carbons (Fsp3) is 0.385. The summed E-state index contributed by atoms with van der Waals surface area (Å²) in [6.45, 7) is 4.26. The number of benzene rings is 1. The van der Waals surface area contributed by atoms with E-state index in [9.17, 15) is 0 Å². The Kier molecular flexibility index (Phi) is 3.57. The first-order valence-corrected chi connectivity index (χ1v) is 6.41. The molecule has 4 nitrogen and oxygen atoms in total. The molecule has 2 rings (SSSR count). The molecule has 18 heavy (non-hydrogen) atoms. The number of hydrogen-bond donors (Lipinski definition) is 1. The molecule has 1 aromatic carbocycles. The molecule has 2 N–H and O–H groups in total. The molecule has 0 saturated carbocycles. The molecule has 1 aromatic heterocycles. The van der Waals surface area contributed by atoms with Crippen LogP contribution in [0.4, 0.5) is 5.69 Å². The maximum Gasteiger partial charge on any atom is 0.115 e. The van der Waals surface area contributed by atoms with Crippen molar-refractivity contribution < 1.29 is 0 Å². The fourth-order valence-electron chi connectivity index (χ4n) is 1.99. The Hall–Kier alpha value is -1.55. The van der Waals surface area contributed by atoms with Crippen LogP contribution in [0.15, 0.2) is 23.2 Å². The standard InChI is InChI=1S/C13H17ClN4/c1-8(2)13-17-10-6-9(16-12(15)7-14)4-5-11(10)18(13)3/h4-6,8H,7H2,1-3H3,(H2,15,16). The van der Waals surface area contributed by atoms with Gasteiger partial charge in [-0.2, -0.15) is 0 Å². The number of rotatable bonds is 3. The van der Waals surface area contributed by atoms with Gasteiger partial charge in [0.2, 0.25) is 0 Å². The minimum Gasteiger partial charge on any atom is -0.386 e. The second kappa shape index (κ2) is 4.98. The van der Waals surface area contributed by atoms with Crippen molar-refractivity contribution in [3.8, 4) is 0 Å². The lowest BCUT2D eigenvalue weighted by Gasteiger charge is -2.04. The third kappa shape index (κ3) is 2.34. The summed E-state index contributed by atoms with van der Waals surface area (Å²) in [6, 6.07) is 5.86. The predicted octanol–water partition coefficient (Wildman–Crippen LogP) is 2.92. The molecule has 96 valence electrons. The summed E-state index contributed by atoms with van der Waals surface area (Å²) in [6.07, 6.45) is 0. The molecule has 0 spiro atoms. The smallest absolute Gasteiger partial charge is 0.115 e. The summed E-state index contributed by atoms with van der Waals surface area (Å²) in [7, 11) is 2.03. The van der Waals surface area contributed by atoms with Gasteiger partial charge in [-0.25, -0.2) is 9.98 Å². The van der Waals surface area contributed by atoms with Crippen molar-refractivity contribution in [2.45, 2.75) is 19.8 Å². The van der Waals surface area contributed by atoms with Gasteiger partial charge >= 0.3 is 0 Å². The minimum absolute atomic E-state index is 0.234. The SMILES string of the molecule is CC(C)c1nc2cc(N=C(N)CCl)ccc2n1C. The van der Waals surface area contributed by atoms with E-state index in [0.29, 0.717) is 11.8 Å². The number of aryl methyl sites for hydroxylation is 1. The molecule has 5 heteroatoms. The summed E-state index contributed by atoms with van der Waals surface area (Å²) in [4.78, 5) is 8.85. The molecule has 0 aliphatic carbocycles. The first-order chi connectivity index (χ1) is 8.52. The topological polar surface area (TPSA) is 56.2 Å². The Balaban J connectivity index is 2.53. The van der Waals surface area contributed by atoms with E-state index in [2.05, 4.69) is 28.4 Å². The predicted molar refractivity (Wildman–Crippen MR) is 76.8 cm³/mol. The zero-order valence-corrected chi connectivity index (χ0v) is 11.6. The van der Waals surface area contributed by atoms with Crippen LogP contribution in [0.2, 0.25) is 0 Å². The van der Waals surface area contributed by atoms with Crippen molar-refractivity contribution in [3.63, 3.8) is 0 Å². The first kappa shape index (κ1) is 12.9.